The first-order valence-corrected chi connectivity index (χ1v) is 31.7. The van der Waals surface area contributed by atoms with Crippen molar-refractivity contribution < 1.29 is 22.3 Å². The molecule has 1 saturated carbocycles. The molecule has 1 spiro atoms. The van der Waals surface area contributed by atoms with Crippen molar-refractivity contribution >= 4 is 6.21 Å². The molecule has 0 bridgehead atoms. The van der Waals surface area contributed by atoms with E-state index in [2.05, 4.69) is 156 Å². The third kappa shape index (κ3) is 20.3. The predicted octanol–water partition coefficient (Wildman–Crippen LogP) is 11.6. The highest BCUT2D eigenvalue weighted by molar-refractivity contribution is 5.72. The average Bonchev–Trinajstić information content (AvgIpc) is 4.26. The highest BCUT2D eigenvalue weighted by Gasteiger charge is 2.50. The summed E-state index contributed by atoms with van der Waals surface area (Å²) in [5, 5.41) is 24.0. The van der Waals surface area contributed by atoms with Crippen molar-refractivity contribution in [1.29, 1.82) is 0 Å². The van der Waals surface area contributed by atoms with E-state index in [-0.39, 0.29) is 17.6 Å². The van der Waals surface area contributed by atoms with E-state index in [0.29, 0.717) is 104 Å². The number of fused-ring (bicyclic) bond motifs is 2. The van der Waals surface area contributed by atoms with Gasteiger partial charge in [-0.1, -0.05) is 87.1 Å². The van der Waals surface area contributed by atoms with Crippen LogP contribution in [0.25, 0.3) is 0 Å². The molecule has 81 heavy (non-hydrogen) atoms. The van der Waals surface area contributed by atoms with Crippen LogP contribution in [0.15, 0.2) is 71.2 Å². The minimum Gasteiger partial charge on any atom is -0.375 e. The Balaban J connectivity index is 1.46. The standard InChI is InChI=1S/C65H113F4N11O/c1-16-36-81-43-57-41-77(14)35-33-72-55(25-23-54-24-26-58(59(66)38-54)65(67,68)69)27-30-70-31-32-71-44-64(28-19-20-29-64)76-51(11)63(47(7)18-3)80-52(12)48(8)62(80)40-73-50(10)60(37-45(4)5)74-39-61(46(6)17-2)75-49(9)53(13)79-34-21-22-56(79)42-78(57)15/h24,26-27,30,33,35,38,41-42,45-53,60-63,71-76H,16-23,25,28-29,31-32,34,36-37,39-40,43-44H2,1-15H3/t46-,47-,48+,49?,50?,51?,52?,53-,60-,61+,62?,63-/m0/s1. The van der Waals surface area contributed by atoms with Crippen LogP contribution in [0.2, 0.25) is 0 Å². The Morgan fingerprint density at radius 2 is 1.58 bits per heavy atom. The number of aliphatic imine (C=N–C) groups is 1. The van der Waals surface area contributed by atoms with Gasteiger partial charge in [0.25, 0.3) is 0 Å². The molecule has 462 valence electrons. The molecule has 1 aliphatic carbocycles. The molecule has 1 aromatic carbocycles. The molecule has 12 atom stereocenters. The number of ether oxygens (including phenoxy) is 1. The average molecular weight is 1140 g/mol. The number of hydrogen-bond donors (Lipinski definition) is 6. The second kappa shape index (κ2) is 33.3. The van der Waals surface area contributed by atoms with Gasteiger partial charge >= 0.3 is 6.18 Å². The quantitative estimate of drug-likeness (QED) is 0.0840. The smallest absolute Gasteiger partial charge is 0.375 e. The summed E-state index contributed by atoms with van der Waals surface area (Å²) in [5.41, 5.74) is 2.36. The summed E-state index contributed by atoms with van der Waals surface area (Å²) >= 11 is 0. The number of halogens is 4. The topological polar surface area (TPSA) is 107 Å². The molecule has 4 aliphatic rings. The number of alkyl halides is 3. The van der Waals surface area contributed by atoms with Crippen LogP contribution in [0, 0.1) is 29.5 Å². The van der Waals surface area contributed by atoms with Gasteiger partial charge in [-0.15, -0.1) is 0 Å². The second-order valence-electron chi connectivity index (χ2n) is 25.5. The molecule has 3 aliphatic heterocycles. The fourth-order valence-corrected chi connectivity index (χ4v) is 13.1. The van der Waals surface area contributed by atoms with Crippen molar-refractivity contribution in [3.63, 3.8) is 0 Å². The van der Waals surface area contributed by atoms with Crippen molar-refractivity contribution in [3.8, 4) is 0 Å². The van der Waals surface area contributed by atoms with Crippen molar-refractivity contribution in [2.45, 2.75) is 233 Å². The van der Waals surface area contributed by atoms with E-state index in [1.165, 1.54) is 24.6 Å². The molecule has 16 heteroatoms. The first kappa shape index (κ1) is 68.3. The van der Waals surface area contributed by atoms with Gasteiger partial charge in [0.1, 0.15) is 5.82 Å². The number of nitrogens with zero attached hydrogens (tertiary/aromatic N) is 5. The number of benzene rings is 1. The van der Waals surface area contributed by atoms with Crippen LogP contribution in [-0.2, 0) is 17.3 Å². The summed E-state index contributed by atoms with van der Waals surface area (Å²) in [5.74, 6) is 0.927. The SMILES string of the molecule is CCCOCC1=CN(C)C=CNC(CCc2ccc(C(F)(F)F)c(F)c2)=CC=NCCNCC2(CCCC2)NC(C)[C@H]([C@@H](C)CC)N2C(C)[C@@H](C)C2CNC(C)[C@H](CC(C)C)NC[C@H]([C@@H](C)CC)NC(C)[C@H](C)N2CCCC2=CN1C. The summed E-state index contributed by atoms with van der Waals surface area (Å²) < 4.78 is 61.1. The fourth-order valence-electron chi connectivity index (χ4n) is 13.1. The normalized spacial score (nSPS) is 29.7. The fraction of sp³-hybridized carbons (Fsp3) is 0.769. The lowest BCUT2D eigenvalue weighted by Crippen LogP contribution is -2.73. The lowest BCUT2D eigenvalue weighted by atomic mass is 9.76. The predicted molar refractivity (Wildman–Crippen MR) is 330 cm³/mol. The Labute approximate surface area is 489 Å². The molecule has 0 aromatic heterocycles. The molecular weight excluding hydrogens is 1030 g/mol. The first-order valence-electron chi connectivity index (χ1n) is 31.7. The number of nitrogens with one attached hydrogen (secondary N) is 6. The summed E-state index contributed by atoms with van der Waals surface area (Å²) in [7, 11) is 4.09. The summed E-state index contributed by atoms with van der Waals surface area (Å²) in [6.45, 7) is 37.1. The number of hydrogen-bond acceptors (Lipinski definition) is 12. The highest BCUT2D eigenvalue weighted by Crippen LogP contribution is 2.40. The van der Waals surface area contributed by atoms with E-state index in [9.17, 15) is 17.6 Å². The van der Waals surface area contributed by atoms with Crippen molar-refractivity contribution in [2.24, 2.45) is 28.7 Å². The van der Waals surface area contributed by atoms with Crippen LogP contribution in [-0.4, -0.2) is 152 Å². The Morgan fingerprint density at radius 1 is 0.852 bits per heavy atom. The third-order valence-electron chi connectivity index (χ3n) is 18.8. The summed E-state index contributed by atoms with van der Waals surface area (Å²) in [4.78, 5) is 14.5. The van der Waals surface area contributed by atoms with Crippen LogP contribution in [0.4, 0.5) is 17.6 Å². The molecule has 1 aromatic rings. The first-order chi connectivity index (χ1) is 38.5. The maximum absolute atomic E-state index is 14.7. The molecule has 6 N–H and O–H groups in total. The van der Waals surface area contributed by atoms with E-state index < -0.39 is 17.6 Å². The van der Waals surface area contributed by atoms with Gasteiger partial charge in [-0.2, -0.15) is 13.2 Å². The third-order valence-corrected chi connectivity index (χ3v) is 18.8. The lowest BCUT2D eigenvalue weighted by molar-refractivity contribution is -0.140. The van der Waals surface area contributed by atoms with E-state index >= 15 is 0 Å². The number of allylic oxidation sites excluding steroid dienone is 3. The number of rotatable bonds is 13. The molecule has 2 saturated heterocycles. The van der Waals surface area contributed by atoms with Crippen molar-refractivity contribution in [3.05, 3.63) is 83.1 Å². The molecule has 12 nitrogen and oxygen atoms in total. The van der Waals surface area contributed by atoms with Gasteiger partial charge in [-0.3, -0.25) is 9.89 Å². The van der Waals surface area contributed by atoms with Gasteiger partial charge in [-0.25, -0.2) is 4.39 Å². The zero-order valence-corrected chi connectivity index (χ0v) is 53.0. The minimum absolute atomic E-state index is 0.0112. The van der Waals surface area contributed by atoms with Gasteiger partial charge in [0, 0.05) is 156 Å². The van der Waals surface area contributed by atoms with Crippen molar-refractivity contribution in [2.75, 3.05) is 66.6 Å². The molecule has 5 rings (SSSR count). The zero-order valence-electron chi connectivity index (χ0n) is 53.0. The highest BCUT2D eigenvalue weighted by atomic mass is 19.4. The minimum atomic E-state index is -4.75. The van der Waals surface area contributed by atoms with Gasteiger partial charge in [0.15, 0.2) is 0 Å². The summed E-state index contributed by atoms with van der Waals surface area (Å²) in [6, 6.07) is 6.33. The van der Waals surface area contributed by atoms with Gasteiger partial charge < -0.3 is 51.3 Å². The molecule has 5 unspecified atom stereocenters. The molecule has 0 radical (unpaired) electrons. The van der Waals surface area contributed by atoms with Gasteiger partial charge in [0.2, 0.25) is 0 Å². The van der Waals surface area contributed by atoms with E-state index in [0.717, 1.165) is 108 Å². The van der Waals surface area contributed by atoms with Crippen LogP contribution >= 0.6 is 0 Å². The number of likely N-dealkylation sites (N-methyl/N-ethyl adjacent to an activating group) is 1. The number of aryl methyl sites for hydroxylation is 1. The maximum atomic E-state index is 14.7. The Kier molecular flexibility index (Phi) is 28.0. The van der Waals surface area contributed by atoms with E-state index in [1.807, 2.05) is 30.4 Å². The molecule has 3 fully saturated rings. The monoisotopic (exact) mass is 1140 g/mol. The van der Waals surface area contributed by atoms with Crippen LogP contribution < -0.4 is 31.9 Å². The van der Waals surface area contributed by atoms with Crippen LogP contribution in [0.1, 0.15) is 172 Å². The Bertz CT molecular complexity index is 2160. The largest absolute Gasteiger partial charge is 0.419 e. The van der Waals surface area contributed by atoms with Crippen LogP contribution in [0.3, 0.4) is 0 Å². The van der Waals surface area contributed by atoms with Gasteiger partial charge in [0.05, 0.1) is 24.4 Å². The lowest BCUT2D eigenvalue weighted by Gasteiger charge is -2.60. The van der Waals surface area contributed by atoms with E-state index in [4.69, 9.17) is 9.73 Å². The maximum Gasteiger partial charge on any atom is 0.419 e. The molecule has 0 amide bonds. The zero-order chi connectivity index (χ0) is 59.4. The van der Waals surface area contributed by atoms with E-state index in [1.54, 1.807) is 6.21 Å². The van der Waals surface area contributed by atoms with Crippen LogP contribution in [0.5, 0.6) is 0 Å². The Hall–Kier alpha value is -3.51. The van der Waals surface area contributed by atoms with Crippen molar-refractivity contribution in [1.82, 2.24) is 51.5 Å². The second-order valence-corrected chi connectivity index (χ2v) is 25.5. The molecule has 3 heterocycles. The Morgan fingerprint density at radius 3 is 2.25 bits per heavy atom. The van der Waals surface area contributed by atoms with Gasteiger partial charge in [-0.05, 0) is 133 Å². The summed E-state index contributed by atoms with van der Waals surface area (Å²) in [6.07, 6.45) is 19.0. The molecular formula is C65H113F4N11O.